The molecule has 2 amide bonds. The number of hydrogen-bond donors (Lipinski definition) is 2. The molecule has 1 aliphatic carbocycles. The quantitative estimate of drug-likeness (QED) is 0.607. The van der Waals surface area contributed by atoms with Gasteiger partial charge in [-0.15, -0.1) is 0 Å². The number of imide groups is 1. The van der Waals surface area contributed by atoms with Crippen molar-refractivity contribution < 1.29 is 14.3 Å². The van der Waals surface area contributed by atoms with E-state index in [0.29, 0.717) is 30.5 Å². The van der Waals surface area contributed by atoms with Crippen LogP contribution in [0.15, 0.2) is 24.5 Å². The molecule has 1 atom stereocenters. The van der Waals surface area contributed by atoms with Gasteiger partial charge in [0, 0.05) is 30.8 Å². The third kappa shape index (κ3) is 4.10. The molecule has 0 bridgehead atoms. The fourth-order valence-electron chi connectivity index (χ4n) is 5.05. The molecule has 0 aromatic carbocycles. The average Bonchev–Trinajstić information content (AvgIpc) is 3.47. The molecule has 4 heterocycles. The smallest absolute Gasteiger partial charge is 0.253 e. The number of likely N-dealkylation sites (N-methyl/N-ethyl adjacent to an activating group) is 1. The molecule has 174 valence electrons. The molecule has 2 N–H and O–H groups in total. The summed E-state index contributed by atoms with van der Waals surface area (Å²) in [5.41, 5.74) is 0.0146. The predicted molar refractivity (Wildman–Crippen MR) is 123 cm³/mol. The molecule has 2 aliphatic heterocycles. The van der Waals surface area contributed by atoms with Gasteiger partial charge in [0.1, 0.15) is 29.5 Å². The summed E-state index contributed by atoms with van der Waals surface area (Å²) in [6.07, 6.45) is 8.26. The number of aromatic nitrogens is 3. The summed E-state index contributed by atoms with van der Waals surface area (Å²) in [4.78, 5) is 42.8. The maximum Gasteiger partial charge on any atom is 0.253 e. The zero-order valence-electron chi connectivity index (χ0n) is 19.0. The minimum Gasteiger partial charge on any atom is -0.491 e. The van der Waals surface area contributed by atoms with Gasteiger partial charge in [0.05, 0.1) is 12.6 Å². The normalized spacial score (nSPS) is 22.3. The first-order valence-electron chi connectivity index (χ1n) is 11.4. The van der Waals surface area contributed by atoms with Gasteiger partial charge in [0.25, 0.3) is 5.91 Å². The SMILES string of the molecule is CN(C)CCOc1ccc(Nc2ncc3c(n2)N(C2CCCC2)C2(CC(=O)NC2=O)C3)nc1. The van der Waals surface area contributed by atoms with Crippen molar-refractivity contribution in [2.24, 2.45) is 0 Å². The Labute approximate surface area is 192 Å². The second kappa shape index (κ2) is 8.58. The summed E-state index contributed by atoms with van der Waals surface area (Å²) < 4.78 is 5.69. The van der Waals surface area contributed by atoms with Crippen LogP contribution in [0.2, 0.25) is 0 Å². The number of anilines is 3. The summed E-state index contributed by atoms with van der Waals surface area (Å²) in [5.74, 6) is 2.00. The first-order valence-corrected chi connectivity index (χ1v) is 11.4. The Morgan fingerprint density at radius 2 is 2.00 bits per heavy atom. The summed E-state index contributed by atoms with van der Waals surface area (Å²) >= 11 is 0. The molecule has 10 heteroatoms. The third-order valence-electron chi connectivity index (χ3n) is 6.62. The van der Waals surface area contributed by atoms with Crippen molar-refractivity contribution in [3.63, 3.8) is 0 Å². The van der Waals surface area contributed by atoms with Gasteiger partial charge in [0.2, 0.25) is 11.9 Å². The Morgan fingerprint density at radius 3 is 2.67 bits per heavy atom. The van der Waals surface area contributed by atoms with Gasteiger partial charge in [-0.1, -0.05) is 12.8 Å². The first kappa shape index (κ1) is 21.6. The summed E-state index contributed by atoms with van der Waals surface area (Å²) in [7, 11) is 4.00. The fourth-order valence-corrected chi connectivity index (χ4v) is 5.05. The minimum absolute atomic E-state index is 0.165. The van der Waals surface area contributed by atoms with Crippen LogP contribution < -0.4 is 20.3 Å². The highest BCUT2D eigenvalue weighted by atomic mass is 16.5. The van der Waals surface area contributed by atoms with Crippen LogP contribution in [0, 0.1) is 0 Å². The maximum absolute atomic E-state index is 12.9. The lowest BCUT2D eigenvalue weighted by molar-refractivity contribution is -0.126. The molecule has 1 unspecified atom stereocenters. The monoisotopic (exact) mass is 451 g/mol. The lowest BCUT2D eigenvalue weighted by Crippen LogP contribution is -2.56. The van der Waals surface area contributed by atoms with E-state index in [1.165, 1.54) is 0 Å². The highest BCUT2D eigenvalue weighted by molar-refractivity contribution is 6.11. The maximum atomic E-state index is 12.9. The second-order valence-electron chi connectivity index (χ2n) is 9.27. The zero-order chi connectivity index (χ0) is 23.0. The van der Waals surface area contributed by atoms with Gasteiger partial charge in [-0.2, -0.15) is 4.98 Å². The van der Waals surface area contributed by atoms with E-state index in [2.05, 4.69) is 30.4 Å². The third-order valence-corrected chi connectivity index (χ3v) is 6.62. The van der Waals surface area contributed by atoms with Crippen molar-refractivity contribution in [3.05, 3.63) is 30.1 Å². The molecule has 3 aliphatic rings. The van der Waals surface area contributed by atoms with E-state index in [1.54, 1.807) is 12.4 Å². The number of amides is 2. The van der Waals surface area contributed by atoms with Gasteiger partial charge in [0.15, 0.2) is 0 Å². The van der Waals surface area contributed by atoms with Crippen molar-refractivity contribution in [1.29, 1.82) is 0 Å². The summed E-state index contributed by atoms with van der Waals surface area (Å²) in [5, 5.41) is 5.66. The van der Waals surface area contributed by atoms with Crippen LogP contribution in [-0.2, 0) is 16.0 Å². The first-order chi connectivity index (χ1) is 15.9. The van der Waals surface area contributed by atoms with Crippen LogP contribution in [-0.4, -0.2) is 70.5 Å². The molecule has 2 fully saturated rings. The second-order valence-corrected chi connectivity index (χ2v) is 9.27. The molecule has 10 nitrogen and oxygen atoms in total. The summed E-state index contributed by atoms with van der Waals surface area (Å²) in [6.45, 7) is 1.41. The van der Waals surface area contributed by atoms with Gasteiger partial charge in [-0.25, -0.2) is 9.97 Å². The van der Waals surface area contributed by atoms with E-state index >= 15 is 0 Å². The van der Waals surface area contributed by atoms with E-state index in [0.717, 1.165) is 43.6 Å². The number of carbonyl (C=O) groups is 2. The number of ether oxygens (including phenoxy) is 1. The Balaban J connectivity index is 1.36. The zero-order valence-corrected chi connectivity index (χ0v) is 19.0. The number of hydrogen-bond acceptors (Lipinski definition) is 9. The number of carbonyl (C=O) groups excluding carboxylic acids is 2. The molecular formula is C23H29N7O3. The van der Waals surface area contributed by atoms with Crippen LogP contribution >= 0.6 is 0 Å². The molecular weight excluding hydrogens is 422 g/mol. The van der Waals surface area contributed by atoms with Crippen molar-refractivity contribution in [3.8, 4) is 5.75 Å². The standard InChI is InChI=1S/C23H29N7O3/c1-29(2)9-10-33-17-7-8-18(24-14-17)26-22-25-13-15-11-23(12-19(31)27-21(23)32)30(20(15)28-22)16-5-3-4-6-16/h7-8,13-14,16H,3-6,9-12H2,1-2H3,(H,27,31,32)(H,24,25,26,28). The average molecular weight is 452 g/mol. The molecule has 33 heavy (non-hydrogen) atoms. The molecule has 0 radical (unpaired) electrons. The van der Waals surface area contributed by atoms with Crippen LogP contribution in [0.1, 0.15) is 37.7 Å². The molecule has 1 spiro atoms. The largest absolute Gasteiger partial charge is 0.491 e. The number of nitrogens with one attached hydrogen (secondary N) is 2. The number of fused-ring (bicyclic) bond motifs is 1. The molecule has 2 aromatic rings. The van der Waals surface area contributed by atoms with Gasteiger partial charge in [-0.3, -0.25) is 14.9 Å². The Kier molecular flexibility index (Phi) is 5.61. The Morgan fingerprint density at radius 1 is 1.18 bits per heavy atom. The van der Waals surface area contributed by atoms with Crippen LogP contribution in [0.4, 0.5) is 17.6 Å². The molecule has 2 aromatic heterocycles. The topological polar surface area (TPSA) is 113 Å². The van der Waals surface area contributed by atoms with E-state index in [9.17, 15) is 9.59 Å². The number of rotatable bonds is 7. The van der Waals surface area contributed by atoms with Gasteiger partial charge < -0.3 is 19.9 Å². The predicted octanol–water partition coefficient (Wildman–Crippen LogP) is 1.65. The van der Waals surface area contributed by atoms with Crippen LogP contribution in [0.5, 0.6) is 5.75 Å². The Bertz CT molecular complexity index is 1050. The van der Waals surface area contributed by atoms with Crippen molar-refractivity contribution >= 4 is 29.4 Å². The lowest BCUT2D eigenvalue weighted by atomic mass is 9.91. The molecule has 1 saturated carbocycles. The fraction of sp³-hybridized carbons (Fsp3) is 0.522. The van der Waals surface area contributed by atoms with E-state index < -0.39 is 5.54 Å². The van der Waals surface area contributed by atoms with E-state index in [4.69, 9.17) is 9.72 Å². The van der Waals surface area contributed by atoms with Gasteiger partial charge in [-0.05, 0) is 39.1 Å². The highest BCUT2D eigenvalue weighted by Crippen LogP contribution is 2.46. The van der Waals surface area contributed by atoms with Crippen molar-refractivity contribution in [1.82, 2.24) is 25.2 Å². The summed E-state index contributed by atoms with van der Waals surface area (Å²) in [6, 6.07) is 3.87. The lowest BCUT2D eigenvalue weighted by Gasteiger charge is -2.38. The van der Waals surface area contributed by atoms with Gasteiger partial charge >= 0.3 is 0 Å². The van der Waals surface area contributed by atoms with Crippen molar-refractivity contribution in [2.45, 2.75) is 50.1 Å². The minimum atomic E-state index is -0.883. The number of pyridine rings is 1. The molecule has 5 rings (SSSR count). The highest BCUT2D eigenvalue weighted by Gasteiger charge is 2.58. The van der Waals surface area contributed by atoms with Crippen molar-refractivity contribution in [2.75, 3.05) is 37.5 Å². The Hall–Kier alpha value is -3.27. The van der Waals surface area contributed by atoms with Crippen LogP contribution in [0.3, 0.4) is 0 Å². The number of nitrogens with zero attached hydrogens (tertiary/aromatic N) is 5. The van der Waals surface area contributed by atoms with E-state index in [-0.39, 0.29) is 24.3 Å². The molecule has 1 saturated heterocycles. The van der Waals surface area contributed by atoms with E-state index in [1.807, 2.05) is 26.2 Å². The van der Waals surface area contributed by atoms with Crippen LogP contribution in [0.25, 0.3) is 0 Å².